The molecule has 0 bridgehead atoms. The third kappa shape index (κ3) is 5.72. The number of hydrogen-bond donors (Lipinski definition) is 2. The van der Waals surface area contributed by atoms with E-state index in [1.54, 1.807) is 30.3 Å². The van der Waals surface area contributed by atoms with Crippen LogP contribution in [-0.2, 0) is 9.84 Å². The van der Waals surface area contributed by atoms with Crippen molar-refractivity contribution in [3.8, 4) is 0 Å². The lowest BCUT2D eigenvalue weighted by Crippen LogP contribution is -2.32. The summed E-state index contributed by atoms with van der Waals surface area (Å²) in [4.78, 5) is 0.369. The third-order valence-corrected chi connectivity index (χ3v) is 4.77. The number of hydrogen-bond acceptors (Lipinski definition) is 4. The molecule has 0 aliphatic rings. The van der Waals surface area contributed by atoms with E-state index in [-0.39, 0.29) is 24.3 Å². The molecule has 2 N–H and O–H groups in total. The second-order valence-electron chi connectivity index (χ2n) is 5.01. The van der Waals surface area contributed by atoms with Gasteiger partial charge in [0.1, 0.15) is 0 Å². The van der Waals surface area contributed by atoms with Crippen LogP contribution in [0.4, 0.5) is 0 Å². The van der Waals surface area contributed by atoms with E-state index in [0.29, 0.717) is 11.4 Å². The Labute approximate surface area is 115 Å². The second-order valence-corrected chi connectivity index (χ2v) is 7.12. The number of benzene rings is 1. The first-order valence-corrected chi connectivity index (χ1v) is 8.23. The van der Waals surface area contributed by atoms with Crippen LogP contribution in [0.3, 0.4) is 0 Å². The van der Waals surface area contributed by atoms with E-state index in [9.17, 15) is 8.42 Å². The average molecular weight is 285 g/mol. The summed E-state index contributed by atoms with van der Waals surface area (Å²) in [6.07, 6.45) is 0.835. The summed E-state index contributed by atoms with van der Waals surface area (Å²) in [6.45, 7) is 4.56. The van der Waals surface area contributed by atoms with Crippen molar-refractivity contribution >= 4 is 9.84 Å². The van der Waals surface area contributed by atoms with Crippen molar-refractivity contribution in [3.63, 3.8) is 0 Å². The third-order valence-electron chi connectivity index (χ3n) is 3.03. The summed E-state index contributed by atoms with van der Waals surface area (Å²) in [5.41, 5.74) is 0. The van der Waals surface area contributed by atoms with Crippen molar-refractivity contribution in [2.45, 2.75) is 31.2 Å². The zero-order valence-corrected chi connectivity index (χ0v) is 12.4. The van der Waals surface area contributed by atoms with Gasteiger partial charge >= 0.3 is 0 Å². The predicted molar refractivity (Wildman–Crippen MR) is 76.8 cm³/mol. The van der Waals surface area contributed by atoms with E-state index in [1.807, 2.05) is 13.8 Å². The first-order chi connectivity index (χ1) is 8.95. The topological polar surface area (TPSA) is 66.4 Å². The summed E-state index contributed by atoms with van der Waals surface area (Å²) in [6, 6.07) is 8.69. The highest BCUT2D eigenvalue weighted by Crippen LogP contribution is 2.10. The van der Waals surface area contributed by atoms with Crippen LogP contribution in [0.5, 0.6) is 0 Å². The van der Waals surface area contributed by atoms with E-state index >= 15 is 0 Å². The highest BCUT2D eigenvalue weighted by molar-refractivity contribution is 7.91. The lowest BCUT2D eigenvalue weighted by molar-refractivity contribution is 0.220. The Morgan fingerprint density at radius 1 is 1.21 bits per heavy atom. The maximum Gasteiger partial charge on any atom is 0.179 e. The van der Waals surface area contributed by atoms with Gasteiger partial charge in [-0.25, -0.2) is 8.42 Å². The number of sulfone groups is 1. The van der Waals surface area contributed by atoms with Gasteiger partial charge < -0.3 is 10.4 Å². The van der Waals surface area contributed by atoms with Crippen molar-refractivity contribution in [1.29, 1.82) is 0 Å². The van der Waals surface area contributed by atoms with Crippen LogP contribution < -0.4 is 5.32 Å². The molecule has 0 amide bonds. The molecule has 0 aromatic heterocycles. The molecule has 108 valence electrons. The van der Waals surface area contributed by atoms with Crippen LogP contribution in [0, 0.1) is 5.92 Å². The van der Waals surface area contributed by atoms with E-state index in [2.05, 4.69) is 5.32 Å². The molecule has 0 heterocycles. The van der Waals surface area contributed by atoms with Gasteiger partial charge in [0.25, 0.3) is 0 Å². The van der Waals surface area contributed by atoms with Gasteiger partial charge in [-0.2, -0.15) is 0 Å². The standard InChI is InChI=1S/C14H23NO3S/c1-12(11-16)10-13(2)15-8-9-19(17,18)14-6-4-3-5-7-14/h3-7,12-13,15-16H,8-11H2,1-2H3. The van der Waals surface area contributed by atoms with Crippen LogP contribution in [0.2, 0.25) is 0 Å². The molecule has 0 aliphatic heterocycles. The Morgan fingerprint density at radius 2 is 1.84 bits per heavy atom. The van der Waals surface area contributed by atoms with Gasteiger partial charge in [0.15, 0.2) is 9.84 Å². The lowest BCUT2D eigenvalue weighted by Gasteiger charge is -2.17. The first-order valence-electron chi connectivity index (χ1n) is 6.57. The minimum atomic E-state index is -3.20. The van der Waals surface area contributed by atoms with Gasteiger partial charge in [0, 0.05) is 19.2 Å². The average Bonchev–Trinajstić information content (AvgIpc) is 2.39. The molecular weight excluding hydrogens is 262 g/mol. The normalized spacial score (nSPS) is 15.1. The Bertz CT molecular complexity index is 459. The molecule has 1 aromatic rings. The molecule has 0 radical (unpaired) electrons. The van der Waals surface area contributed by atoms with Gasteiger partial charge in [-0.05, 0) is 31.4 Å². The summed E-state index contributed by atoms with van der Waals surface area (Å²) < 4.78 is 24.0. The zero-order valence-electron chi connectivity index (χ0n) is 11.5. The maximum atomic E-state index is 12.0. The molecule has 5 heteroatoms. The van der Waals surface area contributed by atoms with Crippen molar-refractivity contribution in [1.82, 2.24) is 5.32 Å². The number of aliphatic hydroxyl groups is 1. The van der Waals surface area contributed by atoms with Gasteiger partial charge in [0.05, 0.1) is 10.6 Å². The Morgan fingerprint density at radius 3 is 2.42 bits per heavy atom. The Balaban J connectivity index is 2.41. The molecule has 1 aromatic carbocycles. The summed E-state index contributed by atoms with van der Waals surface area (Å²) in [5.74, 6) is 0.322. The zero-order chi connectivity index (χ0) is 14.3. The fourth-order valence-electron chi connectivity index (χ4n) is 1.95. The Hall–Kier alpha value is -0.910. The largest absolute Gasteiger partial charge is 0.396 e. The van der Waals surface area contributed by atoms with Crippen LogP contribution in [0.1, 0.15) is 20.3 Å². The van der Waals surface area contributed by atoms with Crippen molar-refractivity contribution in [2.75, 3.05) is 18.9 Å². The highest BCUT2D eigenvalue weighted by atomic mass is 32.2. The van der Waals surface area contributed by atoms with Crippen LogP contribution in [-0.4, -0.2) is 38.5 Å². The SMILES string of the molecule is CC(CO)CC(C)NCCS(=O)(=O)c1ccccc1. The summed E-state index contributed by atoms with van der Waals surface area (Å²) in [5, 5.41) is 12.1. The van der Waals surface area contributed by atoms with E-state index in [0.717, 1.165) is 6.42 Å². The van der Waals surface area contributed by atoms with Crippen molar-refractivity contribution in [2.24, 2.45) is 5.92 Å². The quantitative estimate of drug-likeness (QED) is 0.759. The molecule has 0 spiro atoms. The van der Waals surface area contributed by atoms with Crippen LogP contribution >= 0.6 is 0 Å². The first kappa shape index (κ1) is 16.1. The number of aliphatic hydroxyl groups excluding tert-OH is 1. The molecule has 19 heavy (non-hydrogen) atoms. The highest BCUT2D eigenvalue weighted by Gasteiger charge is 2.14. The van der Waals surface area contributed by atoms with Gasteiger partial charge in [-0.15, -0.1) is 0 Å². The lowest BCUT2D eigenvalue weighted by atomic mass is 10.0. The predicted octanol–water partition coefficient (Wildman–Crippen LogP) is 1.46. The maximum absolute atomic E-state index is 12.0. The van der Waals surface area contributed by atoms with Gasteiger partial charge in [-0.1, -0.05) is 25.1 Å². The molecule has 0 fully saturated rings. The van der Waals surface area contributed by atoms with E-state index in [4.69, 9.17) is 5.11 Å². The van der Waals surface area contributed by atoms with E-state index in [1.165, 1.54) is 0 Å². The Kier molecular flexibility index (Phi) is 6.48. The number of rotatable bonds is 8. The van der Waals surface area contributed by atoms with Crippen LogP contribution in [0.15, 0.2) is 35.2 Å². The molecule has 4 nitrogen and oxygen atoms in total. The minimum Gasteiger partial charge on any atom is -0.396 e. The molecule has 0 saturated heterocycles. The number of nitrogens with one attached hydrogen (secondary N) is 1. The molecule has 0 aliphatic carbocycles. The fraction of sp³-hybridized carbons (Fsp3) is 0.571. The van der Waals surface area contributed by atoms with Gasteiger partial charge in [-0.3, -0.25) is 0 Å². The molecule has 2 unspecified atom stereocenters. The van der Waals surface area contributed by atoms with Crippen molar-refractivity contribution < 1.29 is 13.5 Å². The minimum absolute atomic E-state index is 0.0921. The fourth-order valence-corrected chi connectivity index (χ4v) is 3.14. The van der Waals surface area contributed by atoms with Gasteiger partial charge in [0.2, 0.25) is 0 Å². The smallest absolute Gasteiger partial charge is 0.179 e. The molecule has 1 rings (SSSR count). The molecule has 0 saturated carbocycles. The summed E-state index contributed by atoms with van der Waals surface area (Å²) >= 11 is 0. The molecule has 2 atom stereocenters. The monoisotopic (exact) mass is 285 g/mol. The summed E-state index contributed by atoms with van der Waals surface area (Å²) in [7, 11) is -3.20. The van der Waals surface area contributed by atoms with E-state index < -0.39 is 9.84 Å². The van der Waals surface area contributed by atoms with Crippen molar-refractivity contribution in [3.05, 3.63) is 30.3 Å². The van der Waals surface area contributed by atoms with Crippen LogP contribution in [0.25, 0.3) is 0 Å². The molecular formula is C14H23NO3S. The second kappa shape index (κ2) is 7.62.